The van der Waals surface area contributed by atoms with Gasteiger partial charge in [-0.3, -0.25) is 19.2 Å². The number of rotatable bonds is 5. The maximum atomic E-state index is 14.4. The molecule has 1 saturated carbocycles. The van der Waals surface area contributed by atoms with Crippen molar-refractivity contribution in [2.24, 2.45) is 35.0 Å². The van der Waals surface area contributed by atoms with Crippen LogP contribution in [-0.4, -0.2) is 35.8 Å². The Hall–Kier alpha value is -4.69. The smallest absolute Gasteiger partial charge is 0.241 e. The highest BCUT2D eigenvalue weighted by molar-refractivity contribution is 6.32. The molecule has 2 aliphatic heterocycles. The Kier molecular flexibility index (Phi) is 7.16. The van der Waals surface area contributed by atoms with Gasteiger partial charge in [-0.2, -0.15) is 0 Å². The van der Waals surface area contributed by atoms with E-state index in [0.29, 0.717) is 28.6 Å². The zero-order valence-electron chi connectivity index (χ0n) is 25.6. The molecule has 3 aromatic rings. The van der Waals surface area contributed by atoms with Crippen LogP contribution in [0.3, 0.4) is 0 Å². The first-order valence-electron chi connectivity index (χ1n) is 15.4. The van der Waals surface area contributed by atoms with Gasteiger partial charge in [-0.05, 0) is 80.1 Å². The van der Waals surface area contributed by atoms with Gasteiger partial charge in [0.15, 0.2) is 11.5 Å². The summed E-state index contributed by atoms with van der Waals surface area (Å²) in [7, 11) is 1.47. The van der Waals surface area contributed by atoms with Crippen molar-refractivity contribution in [1.29, 1.82) is 0 Å². The minimum atomic E-state index is -1.13. The molecule has 2 aliphatic carbocycles. The summed E-state index contributed by atoms with van der Waals surface area (Å²) in [5, 5.41) is 10.6. The molecular formula is C37H33ClN2O6. The number of fused-ring (bicyclic) bond motifs is 4. The van der Waals surface area contributed by atoms with Crippen molar-refractivity contribution in [3.8, 4) is 11.5 Å². The fourth-order valence-electron chi connectivity index (χ4n) is 8.02. The van der Waals surface area contributed by atoms with E-state index >= 15 is 0 Å². The fraction of sp³-hybridized carbons (Fsp3) is 0.297. The lowest BCUT2D eigenvalue weighted by atomic mass is 9.52. The maximum Gasteiger partial charge on any atom is 0.241 e. The summed E-state index contributed by atoms with van der Waals surface area (Å²) >= 11 is 6.39. The molecule has 8 nitrogen and oxygen atoms in total. The summed E-state index contributed by atoms with van der Waals surface area (Å²) in [6.07, 6.45) is 6.42. The normalized spacial score (nSPS) is 28.8. The van der Waals surface area contributed by atoms with E-state index < -0.39 is 35.0 Å². The van der Waals surface area contributed by atoms with Crippen molar-refractivity contribution >= 4 is 52.7 Å². The van der Waals surface area contributed by atoms with Crippen LogP contribution in [0, 0.1) is 41.9 Å². The van der Waals surface area contributed by atoms with Gasteiger partial charge in [-0.1, -0.05) is 65.7 Å². The standard InChI is InChI=1S/C37H33ClN2O6/c1-20-9-12-23(18-29(20)38)39-33(42)25-14-13-24-26(32(25)35(39)44)19-28-34(43)40(22-7-5-4-6-8-22)36(45)37(28,2)27(24)15-10-21-11-16-30(41)31(17-21)46-3/h4-13,15-18,25-28,32,41H,14,19H2,1-3H3/t25-,26+,27-,28-,32-,37-/m0/s1. The van der Waals surface area contributed by atoms with E-state index in [2.05, 4.69) is 0 Å². The number of allylic oxidation sites excluding steroid dienone is 3. The second kappa shape index (κ2) is 11.0. The SMILES string of the molecule is COc1cc(C=C[C@H]2C3=CC[C@@H]4C(=O)N(c5ccc(C)c(Cl)c5)C(=O)[C@@H]4[C@@H]3C[C@H]3C(=O)N(c4ccccc4)C(=O)[C@@]23C)ccc1O. The average molecular weight is 637 g/mol. The molecule has 46 heavy (non-hydrogen) atoms. The number of benzene rings is 3. The predicted octanol–water partition coefficient (Wildman–Crippen LogP) is 6.34. The van der Waals surface area contributed by atoms with Gasteiger partial charge in [0.2, 0.25) is 23.6 Å². The van der Waals surface area contributed by atoms with Crippen LogP contribution in [0.4, 0.5) is 11.4 Å². The van der Waals surface area contributed by atoms with Crippen LogP contribution in [0.2, 0.25) is 5.02 Å². The Morgan fingerprint density at radius 2 is 1.67 bits per heavy atom. The number of nitrogens with zero attached hydrogens (tertiary/aromatic N) is 2. The van der Waals surface area contributed by atoms with Crippen LogP contribution in [-0.2, 0) is 19.2 Å². The minimum absolute atomic E-state index is 0.00402. The molecule has 7 rings (SSSR count). The van der Waals surface area contributed by atoms with Crippen LogP contribution in [0.15, 0.2) is 84.5 Å². The van der Waals surface area contributed by atoms with E-state index in [-0.39, 0.29) is 35.8 Å². The lowest BCUT2D eigenvalue weighted by molar-refractivity contribution is -0.132. The van der Waals surface area contributed by atoms with E-state index in [1.807, 2.05) is 38.1 Å². The van der Waals surface area contributed by atoms with Gasteiger partial charge < -0.3 is 9.84 Å². The molecular weight excluding hydrogens is 604 g/mol. The highest BCUT2D eigenvalue weighted by Gasteiger charge is 2.66. The number of hydrogen-bond acceptors (Lipinski definition) is 6. The number of carbonyl (C=O) groups is 4. The van der Waals surface area contributed by atoms with Crippen LogP contribution in [0.25, 0.3) is 6.08 Å². The molecule has 2 saturated heterocycles. The molecule has 0 bridgehead atoms. The number of hydrogen-bond donors (Lipinski definition) is 1. The Labute approximate surface area is 271 Å². The predicted molar refractivity (Wildman–Crippen MR) is 174 cm³/mol. The molecule has 1 N–H and O–H groups in total. The number of methoxy groups -OCH3 is 1. The van der Waals surface area contributed by atoms with Crippen molar-refractivity contribution in [2.45, 2.75) is 26.7 Å². The lowest BCUT2D eigenvalue weighted by Gasteiger charge is -2.47. The molecule has 0 aromatic heterocycles. The van der Waals surface area contributed by atoms with Crippen molar-refractivity contribution in [1.82, 2.24) is 0 Å². The van der Waals surface area contributed by atoms with Gasteiger partial charge in [-0.15, -0.1) is 0 Å². The second-order valence-corrected chi connectivity index (χ2v) is 13.2. The van der Waals surface area contributed by atoms with E-state index in [9.17, 15) is 24.3 Å². The summed E-state index contributed by atoms with van der Waals surface area (Å²) in [6, 6.07) is 19.0. The number of anilines is 2. The molecule has 0 unspecified atom stereocenters. The lowest BCUT2D eigenvalue weighted by Crippen LogP contribution is -2.49. The Morgan fingerprint density at radius 1 is 0.913 bits per heavy atom. The Balaban J connectivity index is 1.33. The summed E-state index contributed by atoms with van der Waals surface area (Å²) in [5.41, 5.74) is 2.27. The highest BCUT2D eigenvalue weighted by Crippen LogP contribution is 2.61. The molecule has 3 aromatic carbocycles. The number of aryl methyl sites for hydroxylation is 1. The van der Waals surface area contributed by atoms with Gasteiger partial charge >= 0.3 is 0 Å². The third-order valence-corrected chi connectivity index (χ3v) is 10.9. The van der Waals surface area contributed by atoms with Gasteiger partial charge in [0, 0.05) is 10.9 Å². The molecule has 4 amide bonds. The van der Waals surface area contributed by atoms with Gasteiger partial charge in [-0.25, -0.2) is 9.80 Å². The van der Waals surface area contributed by atoms with E-state index in [1.165, 1.54) is 23.0 Å². The Bertz CT molecular complexity index is 1870. The average Bonchev–Trinajstić information content (AvgIpc) is 3.42. The fourth-order valence-corrected chi connectivity index (χ4v) is 8.20. The number of aromatic hydroxyl groups is 1. The number of carbonyl (C=O) groups excluding carboxylic acids is 4. The third kappa shape index (κ3) is 4.34. The quantitative estimate of drug-likeness (QED) is 0.259. The summed E-state index contributed by atoms with van der Waals surface area (Å²) in [4.78, 5) is 59.2. The van der Waals surface area contributed by atoms with Crippen molar-refractivity contribution in [2.75, 3.05) is 16.9 Å². The van der Waals surface area contributed by atoms with Gasteiger partial charge in [0.25, 0.3) is 0 Å². The van der Waals surface area contributed by atoms with Crippen LogP contribution < -0.4 is 14.5 Å². The van der Waals surface area contributed by atoms with Crippen molar-refractivity contribution in [3.63, 3.8) is 0 Å². The number of ether oxygens (including phenoxy) is 1. The minimum Gasteiger partial charge on any atom is -0.504 e. The monoisotopic (exact) mass is 636 g/mol. The van der Waals surface area contributed by atoms with E-state index in [1.54, 1.807) is 54.6 Å². The van der Waals surface area contributed by atoms with Gasteiger partial charge in [0.1, 0.15) is 0 Å². The molecule has 0 spiro atoms. The molecule has 4 aliphatic rings. The molecule has 6 atom stereocenters. The number of imide groups is 2. The Morgan fingerprint density at radius 3 is 2.39 bits per heavy atom. The second-order valence-electron chi connectivity index (χ2n) is 12.8. The van der Waals surface area contributed by atoms with E-state index in [0.717, 1.165) is 16.7 Å². The number of phenolic OH excluding ortho intramolecular Hbond substituents is 1. The van der Waals surface area contributed by atoms with Crippen molar-refractivity contribution in [3.05, 3.63) is 101 Å². The number of amides is 4. The van der Waals surface area contributed by atoms with Crippen LogP contribution >= 0.6 is 11.6 Å². The topological polar surface area (TPSA) is 104 Å². The summed E-state index contributed by atoms with van der Waals surface area (Å²) < 4.78 is 5.29. The molecule has 2 heterocycles. The molecule has 9 heteroatoms. The highest BCUT2D eigenvalue weighted by atomic mass is 35.5. The molecule has 0 radical (unpaired) electrons. The molecule has 3 fully saturated rings. The van der Waals surface area contributed by atoms with Crippen LogP contribution in [0.5, 0.6) is 11.5 Å². The summed E-state index contributed by atoms with van der Waals surface area (Å²) in [5.74, 6) is -3.78. The molecule has 234 valence electrons. The first-order valence-corrected chi connectivity index (χ1v) is 15.8. The number of para-hydroxylation sites is 1. The van der Waals surface area contributed by atoms with E-state index in [4.69, 9.17) is 16.3 Å². The summed E-state index contributed by atoms with van der Waals surface area (Å²) in [6.45, 7) is 3.70. The largest absolute Gasteiger partial charge is 0.504 e. The van der Waals surface area contributed by atoms with Crippen LogP contribution in [0.1, 0.15) is 30.9 Å². The zero-order valence-corrected chi connectivity index (χ0v) is 26.4. The third-order valence-electron chi connectivity index (χ3n) is 10.5. The first kappa shape index (κ1) is 30.0. The zero-order chi connectivity index (χ0) is 32.5. The first-order chi connectivity index (χ1) is 22.1. The van der Waals surface area contributed by atoms with Gasteiger partial charge in [0.05, 0.1) is 41.7 Å². The number of halogens is 1. The maximum absolute atomic E-state index is 14.4. The number of phenols is 1. The van der Waals surface area contributed by atoms with Crippen molar-refractivity contribution < 1.29 is 29.0 Å².